The van der Waals surface area contributed by atoms with Crippen LogP contribution in [0.3, 0.4) is 0 Å². The molecule has 0 radical (unpaired) electrons. The zero-order chi connectivity index (χ0) is 11.4. The van der Waals surface area contributed by atoms with Crippen molar-refractivity contribution in [3.8, 4) is 0 Å². The highest BCUT2D eigenvalue weighted by Gasteiger charge is 2.06. The van der Waals surface area contributed by atoms with Crippen LogP contribution in [0.4, 0.5) is 0 Å². The minimum absolute atomic E-state index is 0.616. The highest BCUT2D eigenvalue weighted by atomic mass is 32.1. The number of nitrogens with one attached hydrogen (secondary N) is 1. The summed E-state index contributed by atoms with van der Waals surface area (Å²) in [5, 5.41) is 3.57. The molecular formula is C13H23NS. The topological polar surface area (TPSA) is 12.0 Å². The smallest absolute Gasteiger partial charge is 0.00618 e. The molecule has 0 aliphatic carbocycles. The van der Waals surface area contributed by atoms with Gasteiger partial charge in [0.25, 0.3) is 0 Å². The van der Waals surface area contributed by atoms with Crippen molar-refractivity contribution in [3.05, 3.63) is 21.4 Å². The number of thiophene rings is 1. The van der Waals surface area contributed by atoms with Gasteiger partial charge < -0.3 is 5.32 Å². The van der Waals surface area contributed by atoms with Gasteiger partial charge in [0, 0.05) is 15.8 Å². The first-order valence-corrected chi connectivity index (χ1v) is 6.61. The molecule has 1 heterocycles. The van der Waals surface area contributed by atoms with Crippen LogP contribution in [-0.2, 0) is 6.42 Å². The maximum Gasteiger partial charge on any atom is 0.00618 e. The summed E-state index contributed by atoms with van der Waals surface area (Å²) in [7, 11) is 0. The predicted molar refractivity (Wildman–Crippen MR) is 69.8 cm³/mol. The molecule has 0 amide bonds. The molecule has 1 nitrogen and oxygen atoms in total. The summed E-state index contributed by atoms with van der Waals surface area (Å²) < 4.78 is 0. The molecule has 1 N–H and O–H groups in total. The van der Waals surface area contributed by atoms with Crippen molar-refractivity contribution in [2.75, 3.05) is 6.54 Å². The van der Waals surface area contributed by atoms with E-state index >= 15 is 0 Å². The fourth-order valence-electron chi connectivity index (χ4n) is 1.60. The van der Waals surface area contributed by atoms with Crippen LogP contribution >= 0.6 is 11.3 Å². The van der Waals surface area contributed by atoms with Gasteiger partial charge in [0.15, 0.2) is 0 Å². The van der Waals surface area contributed by atoms with E-state index in [2.05, 4.69) is 46.0 Å². The van der Waals surface area contributed by atoms with Gasteiger partial charge in [0.2, 0.25) is 0 Å². The lowest BCUT2D eigenvalue weighted by Crippen LogP contribution is -2.32. The molecule has 0 aliphatic rings. The van der Waals surface area contributed by atoms with Crippen LogP contribution in [0, 0.1) is 19.8 Å². The van der Waals surface area contributed by atoms with E-state index in [-0.39, 0.29) is 0 Å². The van der Waals surface area contributed by atoms with Gasteiger partial charge >= 0.3 is 0 Å². The average molecular weight is 225 g/mol. The van der Waals surface area contributed by atoms with Gasteiger partial charge in [-0.3, -0.25) is 0 Å². The Hall–Kier alpha value is -0.340. The highest BCUT2D eigenvalue weighted by molar-refractivity contribution is 7.12. The molecule has 2 heteroatoms. The van der Waals surface area contributed by atoms with Crippen LogP contribution in [0.1, 0.15) is 36.1 Å². The lowest BCUT2D eigenvalue weighted by molar-refractivity contribution is 0.430. The minimum Gasteiger partial charge on any atom is -0.314 e. The normalized spacial score (nSPS) is 13.5. The fourth-order valence-corrected chi connectivity index (χ4v) is 2.58. The first kappa shape index (κ1) is 12.7. The summed E-state index contributed by atoms with van der Waals surface area (Å²) >= 11 is 1.91. The Morgan fingerprint density at radius 1 is 1.27 bits per heavy atom. The van der Waals surface area contributed by atoms with Gasteiger partial charge in [-0.05, 0) is 51.3 Å². The SMILES string of the molecule is Cc1cc(CCNC(C)C(C)C)c(C)s1. The van der Waals surface area contributed by atoms with E-state index in [9.17, 15) is 0 Å². The van der Waals surface area contributed by atoms with Gasteiger partial charge in [0.05, 0.1) is 0 Å². The second kappa shape index (κ2) is 5.66. The zero-order valence-electron chi connectivity index (χ0n) is 10.6. The van der Waals surface area contributed by atoms with Crippen molar-refractivity contribution in [2.45, 2.75) is 47.1 Å². The number of aryl methyl sites for hydroxylation is 2. The summed E-state index contributed by atoms with van der Waals surface area (Å²) in [6, 6.07) is 2.94. The molecule has 1 unspecified atom stereocenters. The van der Waals surface area contributed by atoms with Gasteiger partial charge in [-0.25, -0.2) is 0 Å². The molecule has 0 saturated heterocycles. The third-order valence-corrected chi connectivity index (χ3v) is 4.01. The van der Waals surface area contributed by atoms with Gasteiger partial charge in [-0.15, -0.1) is 11.3 Å². The molecule has 1 atom stereocenters. The Kier molecular flexibility index (Phi) is 4.81. The van der Waals surface area contributed by atoms with E-state index in [4.69, 9.17) is 0 Å². The second-order valence-electron chi connectivity index (χ2n) is 4.68. The van der Waals surface area contributed by atoms with Crippen LogP contribution in [0.5, 0.6) is 0 Å². The summed E-state index contributed by atoms with van der Waals surface area (Å²) in [4.78, 5) is 2.91. The Morgan fingerprint density at radius 2 is 1.93 bits per heavy atom. The van der Waals surface area contributed by atoms with Crippen molar-refractivity contribution in [3.63, 3.8) is 0 Å². The molecule has 0 fully saturated rings. The summed E-state index contributed by atoms with van der Waals surface area (Å²) in [5.74, 6) is 0.718. The molecule has 1 rings (SSSR count). The van der Waals surface area contributed by atoms with Crippen LogP contribution in [-0.4, -0.2) is 12.6 Å². The first-order chi connectivity index (χ1) is 7.00. The number of hydrogen-bond donors (Lipinski definition) is 1. The van der Waals surface area contributed by atoms with E-state index in [1.54, 1.807) is 0 Å². The molecular weight excluding hydrogens is 202 g/mol. The van der Waals surface area contributed by atoms with Crippen LogP contribution in [0.25, 0.3) is 0 Å². The Balaban J connectivity index is 2.35. The van der Waals surface area contributed by atoms with Crippen LogP contribution < -0.4 is 5.32 Å². The van der Waals surface area contributed by atoms with Crippen molar-refractivity contribution >= 4 is 11.3 Å². The minimum atomic E-state index is 0.616. The van der Waals surface area contributed by atoms with E-state index in [1.165, 1.54) is 15.3 Å². The molecule has 0 aromatic carbocycles. The number of rotatable bonds is 5. The average Bonchev–Trinajstić information content (AvgIpc) is 2.45. The van der Waals surface area contributed by atoms with Crippen LogP contribution in [0.2, 0.25) is 0 Å². The van der Waals surface area contributed by atoms with E-state index < -0.39 is 0 Å². The molecule has 15 heavy (non-hydrogen) atoms. The fraction of sp³-hybridized carbons (Fsp3) is 0.692. The van der Waals surface area contributed by atoms with Gasteiger partial charge in [0.1, 0.15) is 0 Å². The van der Waals surface area contributed by atoms with Crippen molar-refractivity contribution in [1.82, 2.24) is 5.32 Å². The third kappa shape index (κ3) is 3.96. The van der Waals surface area contributed by atoms with Gasteiger partial charge in [-0.2, -0.15) is 0 Å². The predicted octanol–water partition coefficient (Wildman–Crippen LogP) is 3.54. The van der Waals surface area contributed by atoms with Crippen LogP contribution in [0.15, 0.2) is 6.07 Å². The summed E-state index contributed by atoms with van der Waals surface area (Å²) in [5.41, 5.74) is 1.51. The monoisotopic (exact) mass is 225 g/mol. The quantitative estimate of drug-likeness (QED) is 0.808. The van der Waals surface area contributed by atoms with Crippen molar-refractivity contribution in [1.29, 1.82) is 0 Å². The summed E-state index contributed by atoms with van der Waals surface area (Å²) in [6.45, 7) is 12.3. The summed E-state index contributed by atoms with van der Waals surface area (Å²) in [6.07, 6.45) is 1.16. The van der Waals surface area contributed by atoms with Crippen molar-refractivity contribution in [2.24, 2.45) is 5.92 Å². The molecule has 0 spiro atoms. The maximum absolute atomic E-state index is 3.57. The lowest BCUT2D eigenvalue weighted by Gasteiger charge is -2.17. The Morgan fingerprint density at radius 3 is 2.40 bits per heavy atom. The van der Waals surface area contributed by atoms with E-state index in [1.807, 2.05) is 11.3 Å². The highest BCUT2D eigenvalue weighted by Crippen LogP contribution is 2.20. The molecule has 0 aliphatic heterocycles. The largest absolute Gasteiger partial charge is 0.314 e. The van der Waals surface area contributed by atoms with E-state index in [0.29, 0.717) is 6.04 Å². The molecule has 0 bridgehead atoms. The molecule has 1 aromatic rings. The maximum atomic E-state index is 3.57. The first-order valence-electron chi connectivity index (χ1n) is 5.80. The molecule has 86 valence electrons. The second-order valence-corrected chi connectivity index (χ2v) is 6.14. The molecule has 1 aromatic heterocycles. The standard InChI is InChI=1S/C13H23NS/c1-9(2)11(4)14-7-6-13-8-10(3)15-12(13)5/h8-9,11,14H,6-7H2,1-5H3. The van der Waals surface area contributed by atoms with Gasteiger partial charge in [-0.1, -0.05) is 13.8 Å². The third-order valence-electron chi connectivity index (χ3n) is 3.00. The lowest BCUT2D eigenvalue weighted by atomic mass is 10.1. The zero-order valence-corrected chi connectivity index (χ0v) is 11.4. The van der Waals surface area contributed by atoms with Crippen molar-refractivity contribution < 1.29 is 0 Å². The Bertz CT molecular complexity index is 301. The van der Waals surface area contributed by atoms with E-state index in [0.717, 1.165) is 18.9 Å². The Labute approximate surface area is 97.9 Å². The number of hydrogen-bond acceptors (Lipinski definition) is 2. The molecule has 0 saturated carbocycles.